The van der Waals surface area contributed by atoms with Gasteiger partial charge in [0.1, 0.15) is 5.56 Å². The molecule has 104 valence electrons. The van der Waals surface area contributed by atoms with Crippen LogP contribution in [0.1, 0.15) is 16.8 Å². The van der Waals surface area contributed by atoms with E-state index in [1.807, 2.05) is 0 Å². The number of benzene rings is 1. The predicted molar refractivity (Wildman–Crippen MR) is 67.4 cm³/mol. The van der Waals surface area contributed by atoms with Gasteiger partial charge in [0, 0.05) is 11.9 Å². The molecule has 0 aromatic heterocycles. The highest BCUT2D eigenvalue weighted by Crippen LogP contribution is 2.34. The highest BCUT2D eigenvalue weighted by Gasteiger charge is 2.24. The van der Waals surface area contributed by atoms with Gasteiger partial charge in [0.05, 0.1) is 24.7 Å². The number of hydrogen-bond donors (Lipinski definition) is 1. The number of carboxylic acids is 1. The van der Waals surface area contributed by atoms with Crippen LogP contribution in [0.25, 0.3) is 0 Å². The van der Waals surface area contributed by atoms with E-state index in [1.165, 1.54) is 7.11 Å². The van der Waals surface area contributed by atoms with Crippen molar-refractivity contribution in [2.45, 2.75) is 6.42 Å². The molecule has 8 heteroatoms. The maximum atomic E-state index is 10.9. The Kier molecular flexibility index (Phi) is 5.37. The average Bonchev–Trinajstić information content (AvgIpc) is 2.38. The highest BCUT2D eigenvalue weighted by atomic mass is 35.5. The maximum absolute atomic E-state index is 10.9. The lowest BCUT2D eigenvalue weighted by Crippen LogP contribution is -2.06. The Morgan fingerprint density at radius 2 is 2.16 bits per heavy atom. The summed E-state index contributed by atoms with van der Waals surface area (Å²) in [6.07, 6.45) is 0.555. The average molecular weight is 290 g/mol. The third-order valence-electron chi connectivity index (χ3n) is 2.24. The molecule has 0 unspecified atom stereocenters. The molecule has 0 aliphatic rings. The molecule has 0 aliphatic heterocycles. The molecule has 0 aliphatic carbocycles. The fourth-order valence-electron chi connectivity index (χ4n) is 1.38. The van der Waals surface area contributed by atoms with E-state index in [1.54, 1.807) is 0 Å². The van der Waals surface area contributed by atoms with Gasteiger partial charge in [-0.2, -0.15) is 0 Å². The molecule has 19 heavy (non-hydrogen) atoms. The molecule has 7 nitrogen and oxygen atoms in total. The van der Waals surface area contributed by atoms with Crippen molar-refractivity contribution < 1.29 is 24.3 Å². The molecule has 0 radical (unpaired) electrons. The molecule has 0 heterocycles. The van der Waals surface area contributed by atoms with Gasteiger partial charge in [-0.05, 0) is 6.42 Å². The van der Waals surface area contributed by atoms with Gasteiger partial charge in [-0.25, -0.2) is 4.79 Å². The highest BCUT2D eigenvalue weighted by molar-refractivity contribution is 6.17. The minimum Gasteiger partial charge on any atom is -0.493 e. The van der Waals surface area contributed by atoms with Crippen molar-refractivity contribution in [1.82, 2.24) is 0 Å². The number of alkyl halides is 1. The van der Waals surface area contributed by atoms with Gasteiger partial charge in [-0.15, -0.1) is 11.6 Å². The topological polar surface area (TPSA) is 98.9 Å². The standard InChI is InChI=1S/C11H12ClNO6/c1-18-9-5-7(11(14)15)8(13(16)17)6-10(9)19-4-2-3-12/h5-6H,2-4H2,1H3,(H,14,15). The summed E-state index contributed by atoms with van der Waals surface area (Å²) in [6, 6.07) is 2.10. The first-order chi connectivity index (χ1) is 9.01. The van der Waals surface area contributed by atoms with E-state index in [-0.39, 0.29) is 18.1 Å². The van der Waals surface area contributed by atoms with E-state index in [9.17, 15) is 14.9 Å². The molecule has 0 spiro atoms. The molecule has 1 N–H and O–H groups in total. The molecule has 0 amide bonds. The van der Waals surface area contributed by atoms with Crippen LogP contribution in [0, 0.1) is 10.1 Å². The van der Waals surface area contributed by atoms with Crippen molar-refractivity contribution in [2.24, 2.45) is 0 Å². The lowest BCUT2D eigenvalue weighted by Gasteiger charge is -2.11. The van der Waals surface area contributed by atoms with Gasteiger partial charge >= 0.3 is 5.97 Å². The summed E-state index contributed by atoms with van der Waals surface area (Å²) in [6.45, 7) is 0.253. The summed E-state index contributed by atoms with van der Waals surface area (Å²) in [7, 11) is 1.32. The van der Waals surface area contributed by atoms with Crippen molar-refractivity contribution >= 4 is 23.3 Å². The number of ether oxygens (including phenoxy) is 2. The Morgan fingerprint density at radius 1 is 1.47 bits per heavy atom. The summed E-state index contributed by atoms with van der Waals surface area (Å²) in [4.78, 5) is 21.0. The Hall–Kier alpha value is -2.02. The molecule has 1 aromatic rings. The second kappa shape index (κ2) is 6.79. The quantitative estimate of drug-likeness (QED) is 0.358. The molecule has 1 aromatic carbocycles. The number of carbonyl (C=O) groups is 1. The van der Waals surface area contributed by atoms with E-state index in [0.717, 1.165) is 12.1 Å². The number of aromatic carboxylic acids is 1. The van der Waals surface area contributed by atoms with E-state index in [2.05, 4.69) is 0 Å². The van der Waals surface area contributed by atoms with Crippen LogP contribution in [-0.2, 0) is 0 Å². The number of nitro benzene ring substituents is 1. The minimum absolute atomic E-state index is 0.115. The Morgan fingerprint density at radius 3 is 2.63 bits per heavy atom. The third-order valence-corrected chi connectivity index (χ3v) is 2.51. The first kappa shape index (κ1) is 15.0. The van der Waals surface area contributed by atoms with Gasteiger partial charge in [-0.3, -0.25) is 10.1 Å². The zero-order chi connectivity index (χ0) is 14.4. The monoisotopic (exact) mass is 289 g/mol. The van der Waals surface area contributed by atoms with Crippen LogP contribution in [0.3, 0.4) is 0 Å². The summed E-state index contributed by atoms with van der Waals surface area (Å²) in [5, 5.41) is 19.8. The molecule has 0 fully saturated rings. The Bertz CT molecular complexity index is 490. The van der Waals surface area contributed by atoms with Crippen molar-refractivity contribution in [3.63, 3.8) is 0 Å². The van der Waals surface area contributed by atoms with Gasteiger partial charge < -0.3 is 14.6 Å². The molecule has 0 bridgehead atoms. The Balaban J connectivity index is 3.19. The number of hydrogen-bond acceptors (Lipinski definition) is 5. The number of halogens is 1. The van der Waals surface area contributed by atoms with Gasteiger partial charge in [-0.1, -0.05) is 0 Å². The van der Waals surface area contributed by atoms with Crippen LogP contribution in [-0.4, -0.2) is 35.6 Å². The second-order valence-electron chi connectivity index (χ2n) is 3.47. The van der Waals surface area contributed by atoms with Crippen molar-refractivity contribution in [1.29, 1.82) is 0 Å². The summed E-state index contributed by atoms with van der Waals surface area (Å²) in [5.74, 6) is -0.781. The minimum atomic E-state index is -1.41. The molecule has 1 rings (SSSR count). The van der Waals surface area contributed by atoms with Crippen molar-refractivity contribution in [3.8, 4) is 11.5 Å². The van der Waals surface area contributed by atoms with Crippen LogP contribution < -0.4 is 9.47 Å². The van der Waals surface area contributed by atoms with Crippen LogP contribution in [0.4, 0.5) is 5.69 Å². The SMILES string of the molecule is COc1cc(C(=O)O)c([N+](=O)[O-])cc1OCCCCl. The summed E-state index contributed by atoms with van der Waals surface area (Å²) < 4.78 is 10.2. The number of nitrogens with zero attached hydrogens (tertiary/aromatic N) is 1. The number of carboxylic acid groups (broad SMARTS) is 1. The lowest BCUT2D eigenvalue weighted by molar-refractivity contribution is -0.385. The second-order valence-corrected chi connectivity index (χ2v) is 3.85. The van der Waals surface area contributed by atoms with Crippen LogP contribution in [0.5, 0.6) is 11.5 Å². The van der Waals surface area contributed by atoms with Crippen LogP contribution in [0.15, 0.2) is 12.1 Å². The number of nitro groups is 1. The Labute approximate surface area is 113 Å². The first-order valence-corrected chi connectivity index (χ1v) is 5.83. The largest absolute Gasteiger partial charge is 0.493 e. The number of rotatable bonds is 7. The summed E-state index contributed by atoms with van der Waals surface area (Å²) >= 11 is 5.49. The molecular formula is C11H12ClNO6. The van der Waals surface area contributed by atoms with E-state index in [0.29, 0.717) is 12.3 Å². The predicted octanol–water partition coefficient (Wildman–Crippen LogP) is 2.31. The third kappa shape index (κ3) is 3.72. The number of methoxy groups -OCH3 is 1. The molecule has 0 saturated carbocycles. The zero-order valence-electron chi connectivity index (χ0n) is 10.1. The zero-order valence-corrected chi connectivity index (χ0v) is 10.8. The van der Waals surface area contributed by atoms with Crippen LogP contribution in [0.2, 0.25) is 0 Å². The smallest absolute Gasteiger partial charge is 0.342 e. The van der Waals surface area contributed by atoms with Crippen molar-refractivity contribution in [2.75, 3.05) is 19.6 Å². The van der Waals surface area contributed by atoms with Crippen LogP contribution >= 0.6 is 11.6 Å². The normalized spacial score (nSPS) is 10.0. The fraction of sp³-hybridized carbons (Fsp3) is 0.364. The van der Waals surface area contributed by atoms with Gasteiger partial charge in [0.15, 0.2) is 11.5 Å². The van der Waals surface area contributed by atoms with Gasteiger partial charge in [0.2, 0.25) is 0 Å². The molecule has 0 saturated heterocycles. The van der Waals surface area contributed by atoms with Crippen molar-refractivity contribution in [3.05, 3.63) is 27.8 Å². The van der Waals surface area contributed by atoms with Gasteiger partial charge in [0.25, 0.3) is 5.69 Å². The molecular weight excluding hydrogens is 278 g/mol. The fourth-order valence-corrected chi connectivity index (χ4v) is 1.49. The van der Waals surface area contributed by atoms with E-state index in [4.69, 9.17) is 26.2 Å². The molecule has 0 atom stereocenters. The maximum Gasteiger partial charge on any atom is 0.342 e. The summed E-state index contributed by atoms with van der Waals surface area (Å²) in [5.41, 5.74) is -0.999. The first-order valence-electron chi connectivity index (χ1n) is 5.29. The van der Waals surface area contributed by atoms with E-state index < -0.39 is 22.1 Å². The lowest BCUT2D eigenvalue weighted by atomic mass is 10.1. The van der Waals surface area contributed by atoms with E-state index >= 15 is 0 Å².